The third-order valence-electron chi connectivity index (χ3n) is 3.85. The van der Waals surface area contributed by atoms with Crippen LogP contribution in [0.3, 0.4) is 0 Å². The van der Waals surface area contributed by atoms with Gasteiger partial charge in [-0.3, -0.25) is 5.32 Å². The molecule has 130 valence electrons. The van der Waals surface area contributed by atoms with Gasteiger partial charge in [-0.25, -0.2) is 9.78 Å². The lowest BCUT2D eigenvalue weighted by molar-refractivity contribution is 0.187. The van der Waals surface area contributed by atoms with Crippen LogP contribution in [-0.2, 0) is 11.3 Å². The SMILES string of the molecule is COC(=O)Nc1ccc(OCc2nc3cc(C)cc(C)c3o2)cc1C. The number of nitrogens with zero attached hydrogens (tertiary/aromatic N) is 1. The van der Waals surface area contributed by atoms with Gasteiger partial charge in [0.15, 0.2) is 12.2 Å². The summed E-state index contributed by atoms with van der Waals surface area (Å²) in [4.78, 5) is 15.8. The van der Waals surface area contributed by atoms with Gasteiger partial charge in [0.25, 0.3) is 0 Å². The molecule has 2 aromatic carbocycles. The van der Waals surface area contributed by atoms with Gasteiger partial charge in [-0.2, -0.15) is 0 Å². The molecular weight excluding hydrogens is 320 g/mol. The van der Waals surface area contributed by atoms with Crippen molar-refractivity contribution in [3.05, 3.63) is 52.9 Å². The molecule has 0 radical (unpaired) electrons. The molecule has 0 aliphatic carbocycles. The van der Waals surface area contributed by atoms with E-state index in [1.54, 1.807) is 12.1 Å². The highest BCUT2D eigenvalue weighted by Gasteiger charge is 2.10. The standard InChI is InChI=1S/C19H20N2O4/c1-11-7-13(3)18-16(8-11)20-17(25-18)10-24-14-5-6-15(12(2)9-14)21-19(22)23-4/h5-9H,10H2,1-4H3,(H,21,22). The van der Waals surface area contributed by atoms with E-state index in [0.29, 0.717) is 17.3 Å². The Labute approximate surface area is 145 Å². The van der Waals surface area contributed by atoms with Crippen LogP contribution in [0.15, 0.2) is 34.7 Å². The predicted molar refractivity (Wildman–Crippen MR) is 95.0 cm³/mol. The summed E-state index contributed by atoms with van der Waals surface area (Å²) in [7, 11) is 1.33. The van der Waals surface area contributed by atoms with Gasteiger partial charge in [0.2, 0.25) is 5.89 Å². The maximum atomic E-state index is 11.3. The third-order valence-corrected chi connectivity index (χ3v) is 3.85. The molecule has 0 saturated carbocycles. The van der Waals surface area contributed by atoms with Crippen LogP contribution < -0.4 is 10.1 Å². The smallest absolute Gasteiger partial charge is 0.411 e. The van der Waals surface area contributed by atoms with E-state index in [-0.39, 0.29) is 6.61 Å². The van der Waals surface area contributed by atoms with Crippen LogP contribution in [-0.4, -0.2) is 18.2 Å². The number of fused-ring (bicyclic) bond motifs is 1. The first-order chi connectivity index (χ1) is 12.0. The van der Waals surface area contributed by atoms with Crippen molar-refractivity contribution in [1.29, 1.82) is 0 Å². The van der Waals surface area contributed by atoms with Crippen molar-refractivity contribution >= 4 is 22.9 Å². The van der Waals surface area contributed by atoms with Crippen LogP contribution in [0, 0.1) is 20.8 Å². The van der Waals surface area contributed by atoms with Crippen LogP contribution in [0.2, 0.25) is 0 Å². The Hall–Kier alpha value is -3.02. The minimum atomic E-state index is -0.506. The molecule has 0 aliphatic rings. The van der Waals surface area contributed by atoms with E-state index in [4.69, 9.17) is 9.15 Å². The minimum Gasteiger partial charge on any atom is -0.484 e. The van der Waals surface area contributed by atoms with Crippen LogP contribution in [0.25, 0.3) is 11.1 Å². The van der Waals surface area contributed by atoms with Gasteiger partial charge in [0.1, 0.15) is 11.3 Å². The Bertz CT molecular complexity index is 931. The summed E-state index contributed by atoms with van der Waals surface area (Å²) < 4.78 is 16.1. The molecule has 6 heteroatoms. The van der Waals surface area contributed by atoms with Gasteiger partial charge in [-0.05, 0) is 61.7 Å². The molecule has 6 nitrogen and oxygen atoms in total. The van der Waals surface area contributed by atoms with Crippen molar-refractivity contribution in [2.45, 2.75) is 27.4 Å². The second kappa shape index (κ2) is 6.84. The molecule has 1 N–H and O–H groups in total. The first-order valence-electron chi connectivity index (χ1n) is 7.91. The fraction of sp³-hybridized carbons (Fsp3) is 0.263. The average molecular weight is 340 g/mol. The van der Waals surface area contributed by atoms with Crippen LogP contribution >= 0.6 is 0 Å². The summed E-state index contributed by atoms with van der Waals surface area (Å²) in [5, 5.41) is 2.64. The summed E-state index contributed by atoms with van der Waals surface area (Å²) in [6, 6.07) is 9.43. The fourth-order valence-electron chi connectivity index (χ4n) is 2.66. The molecule has 1 heterocycles. The van der Waals surface area contributed by atoms with Gasteiger partial charge < -0.3 is 13.9 Å². The summed E-state index contributed by atoms with van der Waals surface area (Å²) in [6.45, 7) is 6.14. The third kappa shape index (κ3) is 3.74. The Morgan fingerprint density at radius 1 is 1.16 bits per heavy atom. The number of ether oxygens (including phenoxy) is 2. The number of benzene rings is 2. The van der Waals surface area contributed by atoms with E-state index >= 15 is 0 Å². The predicted octanol–water partition coefficient (Wildman–Crippen LogP) is 4.51. The number of carbonyl (C=O) groups excluding carboxylic acids is 1. The quantitative estimate of drug-likeness (QED) is 0.756. The zero-order valence-electron chi connectivity index (χ0n) is 14.7. The lowest BCUT2D eigenvalue weighted by Crippen LogP contribution is -2.11. The number of carbonyl (C=O) groups is 1. The molecule has 25 heavy (non-hydrogen) atoms. The van der Waals surface area contributed by atoms with E-state index in [9.17, 15) is 4.79 Å². The first-order valence-corrected chi connectivity index (χ1v) is 7.91. The summed E-state index contributed by atoms with van der Waals surface area (Å²) >= 11 is 0. The molecule has 1 amide bonds. The minimum absolute atomic E-state index is 0.233. The van der Waals surface area contributed by atoms with Gasteiger partial charge in [0, 0.05) is 5.69 Å². The highest BCUT2D eigenvalue weighted by Crippen LogP contribution is 2.24. The number of anilines is 1. The Morgan fingerprint density at radius 3 is 2.68 bits per heavy atom. The zero-order valence-corrected chi connectivity index (χ0v) is 14.7. The second-order valence-corrected chi connectivity index (χ2v) is 5.92. The molecule has 0 bridgehead atoms. The summed E-state index contributed by atoms with van der Waals surface area (Å²) in [5.41, 5.74) is 5.37. The Kier molecular flexibility index (Phi) is 4.61. The lowest BCUT2D eigenvalue weighted by Gasteiger charge is -2.09. The molecule has 0 atom stereocenters. The number of methoxy groups -OCH3 is 1. The highest BCUT2D eigenvalue weighted by atomic mass is 16.5. The maximum absolute atomic E-state index is 11.3. The van der Waals surface area contributed by atoms with Crippen molar-refractivity contribution in [1.82, 2.24) is 4.98 Å². The molecule has 3 aromatic rings. The van der Waals surface area contributed by atoms with Crippen LogP contribution in [0.1, 0.15) is 22.6 Å². The lowest BCUT2D eigenvalue weighted by atomic mass is 10.1. The molecule has 0 fully saturated rings. The van der Waals surface area contributed by atoms with Crippen LogP contribution in [0.4, 0.5) is 10.5 Å². The molecule has 0 aliphatic heterocycles. The van der Waals surface area contributed by atoms with E-state index in [2.05, 4.69) is 21.1 Å². The fourth-order valence-corrected chi connectivity index (χ4v) is 2.66. The number of rotatable bonds is 4. The number of aryl methyl sites for hydroxylation is 3. The van der Waals surface area contributed by atoms with E-state index < -0.39 is 6.09 Å². The van der Waals surface area contributed by atoms with Crippen molar-refractivity contribution in [3.63, 3.8) is 0 Å². The molecule has 1 aromatic heterocycles. The van der Waals surface area contributed by atoms with E-state index in [0.717, 1.165) is 27.8 Å². The number of hydrogen-bond acceptors (Lipinski definition) is 5. The van der Waals surface area contributed by atoms with E-state index in [1.807, 2.05) is 32.9 Å². The largest absolute Gasteiger partial charge is 0.484 e. The van der Waals surface area contributed by atoms with Crippen molar-refractivity contribution < 1.29 is 18.7 Å². The summed E-state index contributed by atoms with van der Waals surface area (Å²) in [6.07, 6.45) is -0.506. The number of nitrogens with one attached hydrogen (secondary N) is 1. The van der Waals surface area contributed by atoms with Gasteiger partial charge >= 0.3 is 6.09 Å². The number of hydrogen-bond donors (Lipinski definition) is 1. The monoisotopic (exact) mass is 340 g/mol. The number of aromatic nitrogens is 1. The topological polar surface area (TPSA) is 73.6 Å². The first kappa shape index (κ1) is 16.8. The summed E-state index contributed by atoms with van der Waals surface area (Å²) in [5.74, 6) is 1.20. The highest BCUT2D eigenvalue weighted by molar-refractivity contribution is 5.85. The Morgan fingerprint density at radius 2 is 1.96 bits per heavy atom. The molecule has 0 spiro atoms. The number of amides is 1. The molecular formula is C19H20N2O4. The van der Waals surface area contributed by atoms with Crippen molar-refractivity contribution in [2.75, 3.05) is 12.4 Å². The average Bonchev–Trinajstić information content (AvgIpc) is 2.98. The van der Waals surface area contributed by atoms with E-state index in [1.165, 1.54) is 7.11 Å². The zero-order chi connectivity index (χ0) is 18.0. The van der Waals surface area contributed by atoms with Crippen LogP contribution in [0.5, 0.6) is 5.75 Å². The maximum Gasteiger partial charge on any atom is 0.411 e. The number of oxazole rings is 1. The Balaban J connectivity index is 1.72. The normalized spacial score (nSPS) is 10.7. The second-order valence-electron chi connectivity index (χ2n) is 5.92. The van der Waals surface area contributed by atoms with Crippen molar-refractivity contribution in [2.24, 2.45) is 0 Å². The molecule has 0 saturated heterocycles. The van der Waals surface area contributed by atoms with Gasteiger partial charge in [-0.1, -0.05) is 6.07 Å². The van der Waals surface area contributed by atoms with Gasteiger partial charge in [-0.15, -0.1) is 0 Å². The van der Waals surface area contributed by atoms with Gasteiger partial charge in [0.05, 0.1) is 7.11 Å². The molecule has 0 unspecified atom stereocenters. The molecule has 3 rings (SSSR count). The van der Waals surface area contributed by atoms with Crippen molar-refractivity contribution in [3.8, 4) is 5.75 Å².